The van der Waals surface area contributed by atoms with E-state index in [2.05, 4.69) is 36.1 Å². The van der Waals surface area contributed by atoms with Crippen LogP contribution in [0.25, 0.3) is 0 Å². The van der Waals surface area contributed by atoms with Gasteiger partial charge in [0.15, 0.2) is 5.78 Å². The third kappa shape index (κ3) is 3.67. The van der Waals surface area contributed by atoms with Gasteiger partial charge < -0.3 is 10.0 Å². The van der Waals surface area contributed by atoms with Gasteiger partial charge in [0.05, 0.1) is 0 Å². The molecular formula is C29H38N2O4. The average molecular weight is 479 g/mol. The number of fused-ring (bicyclic) bond motifs is 4. The maximum Gasteiger partial charge on any atom is 0.227 e. The molecule has 6 nitrogen and oxygen atoms in total. The second kappa shape index (κ2) is 8.88. The highest BCUT2D eigenvalue weighted by atomic mass is 16.6. The van der Waals surface area contributed by atoms with Crippen molar-refractivity contribution in [3.63, 3.8) is 0 Å². The fraction of sp³-hybridized carbons (Fsp3) is 0.621. The Kier molecular flexibility index (Phi) is 6.15. The van der Waals surface area contributed by atoms with Crippen molar-refractivity contribution >= 4 is 11.5 Å². The molecule has 4 aliphatic carbocycles. The summed E-state index contributed by atoms with van der Waals surface area (Å²) in [5.74, 6) is 0.942. The number of carbonyl (C=O) groups excluding carboxylic acids is 1. The number of allylic oxidation sites excluding steroid dienone is 4. The lowest BCUT2D eigenvalue weighted by atomic mass is 9.50. The van der Waals surface area contributed by atoms with Crippen molar-refractivity contribution in [1.82, 2.24) is 0 Å². The molecule has 0 heterocycles. The molecule has 0 aliphatic heterocycles. The van der Waals surface area contributed by atoms with Crippen molar-refractivity contribution in [3.8, 4) is 0 Å². The number of rotatable bonds is 6. The summed E-state index contributed by atoms with van der Waals surface area (Å²) in [5, 5.41) is 22.3. The zero-order chi connectivity index (χ0) is 25.0. The number of aliphatic hydroxyl groups excluding tert-OH is 1. The van der Waals surface area contributed by atoms with Gasteiger partial charge in [-0.2, -0.15) is 0 Å². The monoisotopic (exact) mass is 478 g/mol. The molecule has 0 spiro atoms. The van der Waals surface area contributed by atoms with Crippen LogP contribution in [0.15, 0.2) is 47.1 Å². The van der Waals surface area contributed by atoms with Crippen molar-refractivity contribution in [2.24, 2.45) is 17.3 Å². The van der Waals surface area contributed by atoms with Gasteiger partial charge in [0, 0.05) is 61.9 Å². The Morgan fingerprint density at radius 3 is 2.54 bits per heavy atom. The number of ketones is 1. The third-order valence-electron chi connectivity index (χ3n) is 9.97. The lowest BCUT2D eigenvalue weighted by molar-refractivity contribution is -0.591. The van der Waals surface area contributed by atoms with E-state index in [4.69, 9.17) is 0 Å². The van der Waals surface area contributed by atoms with E-state index in [0.29, 0.717) is 31.6 Å². The normalized spacial score (nSPS) is 34.1. The van der Waals surface area contributed by atoms with Crippen molar-refractivity contribution in [2.75, 3.05) is 25.6 Å². The molecule has 6 heteroatoms. The number of nitrogens with zero attached hydrogens (tertiary/aromatic N) is 2. The van der Waals surface area contributed by atoms with E-state index in [9.17, 15) is 20.0 Å². The molecule has 5 rings (SSSR count). The van der Waals surface area contributed by atoms with Crippen LogP contribution < -0.4 is 4.90 Å². The van der Waals surface area contributed by atoms with Gasteiger partial charge >= 0.3 is 0 Å². The SMILES string of the molecule is CN(C)c1ccc([C@H]2C[C@@]3(C)C(CCC3(CCCO)[N+](=O)[O-])C3CCC4=CC(=O)CCC4=C32)cc1. The maximum absolute atomic E-state index is 12.7. The lowest BCUT2D eigenvalue weighted by Crippen LogP contribution is -2.55. The van der Waals surface area contributed by atoms with E-state index < -0.39 is 11.0 Å². The fourth-order valence-electron chi connectivity index (χ4n) is 8.23. The summed E-state index contributed by atoms with van der Waals surface area (Å²) in [6.07, 6.45) is 8.24. The van der Waals surface area contributed by atoms with Crippen LogP contribution in [0.5, 0.6) is 0 Å². The minimum Gasteiger partial charge on any atom is -0.396 e. The number of nitro groups is 1. The second-order valence-electron chi connectivity index (χ2n) is 11.6. The van der Waals surface area contributed by atoms with Gasteiger partial charge in [-0.25, -0.2) is 0 Å². The first-order chi connectivity index (χ1) is 16.7. The molecule has 35 heavy (non-hydrogen) atoms. The van der Waals surface area contributed by atoms with Crippen LogP contribution >= 0.6 is 0 Å². The Labute approximate surface area is 208 Å². The summed E-state index contributed by atoms with van der Waals surface area (Å²) in [5.41, 5.74) is 5.00. The topological polar surface area (TPSA) is 83.7 Å². The van der Waals surface area contributed by atoms with Crippen LogP contribution in [0.4, 0.5) is 5.69 Å². The summed E-state index contributed by atoms with van der Waals surface area (Å²) in [6.45, 7) is 2.18. The molecule has 1 N–H and O–H groups in total. The highest BCUT2D eigenvalue weighted by molar-refractivity contribution is 5.93. The van der Waals surface area contributed by atoms with Crippen molar-refractivity contribution in [3.05, 3.63) is 62.7 Å². The molecule has 0 radical (unpaired) electrons. The number of aliphatic hydroxyl groups is 1. The smallest absolute Gasteiger partial charge is 0.227 e. The van der Waals surface area contributed by atoms with Gasteiger partial charge in [0.25, 0.3) is 0 Å². The van der Waals surface area contributed by atoms with Gasteiger partial charge in [0.1, 0.15) is 0 Å². The van der Waals surface area contributed by atoms with Crippen molar-refractivity contribution < 1.29 is 14.8 Å². The van der Waals surface area contributed by atoms with Crippen LogP contribution in [-0.4, -0.2) is 42.1 Å². The van der Waals surface area contributed by atoms with Gasteiger partial charge in [-0.1, -0.05) is 24.6 Å². The quantitative estimate of drug-likeness (QED) is 0.435. The predicted octanol–water partition coefficient (Wildman–Crippen LogP) is 5.44. The molecule has 4 aliphatic rings. The van der Waals surface area contributed by atoms with E-state index >= 15 is 0 Å². The Morgan fingerprint density at radius 1 is 1.14 bits per heavy atom. The lowest BCUT2D eigenvalue weighted by Gasteiger charge is -2.53. The highest BCUT2D eigenvalue weighted by Crippen LogP contribution is 2.68. The number of anilines is 1. The van der Waals surface area contributed by atoms with Crippen molar-refractivity contribution in [2.45, 2.75) is 76.2 Å². The summed E-state index contributed by atoms with van der Waals surface area (Å²) < 4.78 is 0. The van der Waals surface area contributed by atoms with Crippen LogP contribution in [0.2, 0.25) is 0 Å². The summed E-state index contributed by atoms with van der Waals surface area (Å²) in [6, 6.07) is 8.71. The molecular weight excluding hydrogens is 440 g/mol. The first-order valence-corrected chi connectivity index (χ1v) is 13.2. The number of hydrogen-bond donors (Lipinski definition) is 1. The Bertz CT molecular complexity index is 1090. The van der Waals surface area contributed by atoms with Gasteiger partial charge in [-0.15, -0.1) is 0 Å². The summed E-state index contributed by atoms with van der Waals surface area (Å²) >= 11 is 0. The maximum atomic E-state index is 12.7. The van der Waals surface area contributed by atoms with Crippen molar-refractivity contribution in [1.29, 1.82) is 0 Å². The van der Waals surface area contributed by atoms with Gasteiger partial charge in [-0.3, -0.25) is 14.9 Å². The van der Waals surface area contributed by atoms with Crippen LogP contribution in [0.1, 0.15) is 76.2 Å². The first kappa shape index (κ1) is 24.2. The molecule has 0 saturated heterocycles. The van der Waals surface area contributed by atoms with E-state index in [-0.39, 0.29) is 29.1 Å². The molecule has 1 aromatic carbocycles. The predicted molar refractivity (Wildman–Crippen MR) is 137 cm³/mol. The fourth-order valence-corrected chi connectivity index (χ4v) is 8.23. The van der Waals surface area contributed by atoms with Crippen LogP contribution in [-0.2, 0) is 4.79 Å². The molecule has 0 aromatic heterocycles. The molecule has 0 amide bonds. The van der Waals surface area contributed by atoms with Gasteiger partial charge in [0.2, 0.25) is 5.54 Å². The van der Waals surface area contributed by atoms with Crippen LogP contribution in [0, 0.1) is 27.4 Å². The molecule has 2 saturated carbocycles. The number of benzene rings is 1. The zero-order valence-corrected chi connectivity index (χ0v) is 21.3. The zero-order valence-electron chi connectivity index (χ0n) is 21.3. The molecule has 1 aromatic rings. The first-order valence-electron chi connectivity index (χ1n) is 13.2. The van der Waals surface area contributed by atoms with Crippen LogP contribution in [0.3, 0.4) is 0 Å². The summed E-state index contributed by atoms with van der Waals surface area (Å²) in [7, 11) is 4.06. The molecule has 5 atom stereocenters. The molecule has 2 fully saturated rings. The minimum absolute atomic E-state index is 0.00727. The molecule has 0 bridgehead atoms. The second-order valence-corrected chi connectivity index (χ2v) is 11.6. The van der Waals surface area contributed by atoms with E-state index in [1.807, 2.05) is 20.2 Å². The third-order valence-corrected chi connectivity index (χ3v) is 9.97. The summed E-state index contributed by atoms with van der Waals surface area (Å²) in [4.78, 5) is 27.1. The van der Waals surface area contributed by atoms with E-state index in [0.717, 1.165) is 37.8 Å². The van der Waals surface area contributed by atoms with E-state index in [1.54, 1.807) is 0 Å². The number of hydrogen-bond acceptors (Lipinski definition) is 5. The average Bonchev–Trinajstić information content (AvgIpc) is 3.14. The Hall–Kier alpha value is -2.47. The minimum atomic E-state index is -0.989. The van der Waals surface area contributed by atoms with E-state index in [1.165, 1.54) is 22.3 Å². The molecule has 188 valence electrons. The number of carbonyl (C=O) groups is 1. The largest absolute Gasteiger partial charge is 0.396 e. The standard InChI is InChI=1S/C29H38N2O4/c1-28-18-25(19-5-8-21(9-6-19)30(2)3)27-23-12-10-22(33)17-20(23)7-11-24(27)26(28)13-15-29(28,31(34)35)14-4-16-32/h5-6,8-9,17,24-26,32H,4,7,10-16,18H2,1-3H3/t24?,25-,26?,28+,29?/m1/s1. The highest BCUT2D eigenvalue weighted by Gasteiger charge is 2.69. The molecule has 3 unspecified atom stereocenters. The van der Waals surface area contributed by atoms with Gasteiger partial charge in [-0.05, 0) is 85.3 Å². The Morgan fingerprint density at radius 2 is 1.89 bits per heavy atom. The Balaban J connectivity index is 1.66.